The minimum Gasteiger partial charge on any atom is -0.383 e. The second-order valence-corrected chi connectivity index (χ2v) is 7.25. The van der Waals surface area contributed by atoms with E-state index in [1.54, 1.807) is 14.2 Å². The average Bonchev–Trinajstić information content (AvgIpc) is 2.94. The number of hydrogen-bond donors (Lipinski definition) is 2. The number of guanidine groups is 1. The van der Waals surface area contributed by atoms with E-state index in [4.69, 9.17) is 9.47 Å². The molecule has 1 aliphatic heterocycles. The fraction of sp³-hybridized carbons (Fsp3) is 0.941. The van der Waals surface area contributed by atoms with E-state index in [0.29, 0.717) is 6.04 Å². The van der Waals surface area contributed by atoms with E-state index >= 15 is 0 Å². The summed E-state index contributed by atoms with van der Waals surface area (Å²) in [5, 5.41) is 6.83. The number of hydrogen-bond acceptors (Lipinski definition) is 4. The van der Waals surface area contributed by atoms with Crippen molar-refractivity contribution in [1.82, 2.24) is 15.5 Å². The predicted octanol–water partition coefficient (Wildman–Crippen LogP) is 1.32. The first kappa shape index (κ1) is 20.2. The van der Waals surface area contributed by atoms with Crippen LogP contribution < -0.4 is 10.6 Å². The Bertz CT molecular complexity index is 355. The minimum absolute atomic E-state index is 0.100. The quantitative estimate of drug-likeness (QED) is 0.520. The maximum Gasteiger partial charge on any atom is 0.191 e. The van der Waals surface area contributed by atoms with E-state index in [1.807, 2.05) is 7.05 Å². The van der Waals surface area contributed by atoms with Crippen molar-refractivity contribution >= 4 is 5.96 Å². The van der Waals surface area contributed by atoms with Gasteiger partial charge in [0.05, 0.1) is 12.7 Å². The lowest BCUT2D eigenvalue weighted by atomic mass is 9.89. The van der Waals surface area contributed by atoms with Crippen molar-refractivity contribution in [3.63, 3.8) is 0 Å². The van der Waals surface area contributed by atoms with E-state index < -0.39 is 0 Å². The molecule has 0 radical (unpaired) electrons. The van der Waals surface area contributed by atoms with Crippen molar-refractivity contribution in [2.75, 3.05) is 54.1 Å². The third kappa shape index (κ3) is 7.06. The summed E-state index contributed by atoms with van der Waals surface area (Å²) >= 11 is 0. The fourth-order valence-electron chi connectivity index (χ4n) is 3.00. The van der Waals surface area contributed by atoms with E-state index in [9.17, 15) is 0 Å². The fourth-order valence-corrected chi connectivity index (χ4v) is 3.00. The second-order valence-electron chi connectivity index (χ2n) is 7.25. The average molecular weight is 329 g/mol. The third-order valence-corrected chi connectivity index (χ3v) is 4.52. The Kier molecular flexibility index (Phi) is 8.87. The molecule has 0 aliphatic carbocycles. The number of rotatable bonds is 8. The first-order chi connectivity index (χ1) is 10.9. The molecule has 2 N–H and O–H groups in total. The zero-order valence-electron chi connectivity index (χ0n) is 15.8. The van der Waals surface area contributed by atoms with Crippen LogP contribution in [0.1, 0.15) is 33.6 Å². The Morgan fingerprint density at radius 2 is 2.04 bits per heavy atom. The van der Waals surface area contributed by atoms with E-state index in [-0.39, 0.29) is 11.5 Å². The SMILES string of the molecule is CN=C(NCC1CCCN1CCOC)NCC(OC)C(C)(C)C. The molecule has 2 unspecified atom stereocenters. The largest absolute Gasteiger partial charge is 0.383 e. The molecule has 1 rings (SSSR count). The van der Waals surface area contributed by atoms with Crippen LogP contribution in [0.4, 0.5) is 0 Å². The smallest absolute Gasteiger partial charge is 0.191 e. The molecule has 136 valence electrons. The predicted molar refractivity (Wildman–Crippen MR) is 96.1 cm³/mol. The van der Waals surface area contributed by atoms with E-state index in [0.717, 1.165) is 38.7 Å². The minimum atomic E-state index is 0.100. The van der Waals surface area contributed by atoms with Gasteiger partial charge in [-0.25, -0.2) is 0 Å². The van der Waals surface area contributed by atoms with Gasteiger partial charge in [0, 0.05) is 46.9 Å². The van der Waals surface area contributed by atoms with Crippen molar-refractivity contribution < 1.29 is 9.47 Å². The Labute approximate surface area is 142 Å². The molecule has 0 saturated carbocycles. The van der Waals surface area contributed by atoms with Crippen LogP contribution in [-0.4, -0.2) is 77.1 Å². The van der Waals surface area contributed by atoms with Crippen LogP contribution in [0.25, 0.3) is 0 Å². The van der Waals surface area contributed by atoms with E-state index in [2.05, 4.69) is 41.3 Å². The maximum absolute atomic E-state index is 5.58. The summed E-state index contributed by atoms with van der Waals surface area (Å²) in [5.74, 6) is 0.842. The summed E-state index contributed by atoms with van der Waals surface area (Å²) in [5.41, 5.74) is 0.100. The van der Waals surface area contributed by atoms with Crippen LogP contribution in [0.5, 0.6) is 0 Å². The summed E-state index contributed by atoms with van der Waals surface area (Å²) in [6.45, 7) is 11.2. The summed E-state index contributed by atoms with van der Waals surface area (Å²) < 4.78 is 10.8. The molecule has 2 atom stereocenters. The van der Waals surface area contributed by atoms with Crippen LogP contribution in [0.3, 0.4) is 0 Å². The molecular weight excluding hydrogens is 292 g/mol. The lowest BCUT2D eigenvalue weighted by molar-refractivity contribution is 0.0205. The van der Waals surface area contributed by atoms with E-state index in [1.165, 1.54) is 12.8 Å². The van der Waals surface area contributed by atoms with Gasteiger partial charge in [-0.3, -0.25) is 9.89 Å². The Morgan fingerprint density at radius 1 is 1.30 bits per heavy atom. The first-order valence-electron chi connectivity index (χ1n) is 8.62. The molecule has 0 spiro atoms. The molecule has 0 amide bonds. The molecular formula is C17H36N4O2. The normalized spacial score (nSPS) is 21.5. The molecule has 0 bridgehead atoms. The third-order valence-electron chi connectivity index (χ3n) is 4.52. The van der Waals surface area contributed by atoms with Crippen molar-refractivity contribution in [2.45, 2.75) is 45.8 Å². The van der Waals surface area contributed by atoms with Crippen LogP contribution in [-0.2, 0) is 9.47 Å². The standard InChI is InChI=1S/C17H36N4O2/c1-17(2,3)15(23-6)13-20-16(18-4)19-12-14-8-7-9-21(14)10-11-22-5/h14-15H,7-13H2,1-6H3,(H2,18,19,20). The molecule has 0 aromatic heterocycles. The van der Waals surface area contributed by atoms with Gasteiger partial charge in [0.2, 0.25) is 0 Å². The van der Waals surface area contributed by atoms with Gasteiger partial charge in [0.15, 0.2) is 5.96 Å². The maximum atomic E-state index is 5.58. The summed E-state index contributed by atoms with van der Waals surface area (Å²) in [4.78, 5) is 6.82. The summed E-state index contributed by atoms with van der Waals surface area (Å²) in [6, 6.07) is 0.560. The van der Waals surface area contributed by atoms with Crippen molar-refractivity contribution in [2.24, 2.45) is 10.4 Å². The topological polar surface area (TPSA) is 58.1 Å². The molecule has 23 heavy (non-hydrogen) atoms. The van der Waals surface area contributed by atoms with Gasteiger partial charge in [-0.05, 0) is 24.8 Å². The second kappa shape index (κ2) is 10.1. The van der Waals surface area contributed by atoms with Gasteiger partial charge in [-0.2, -0.15) is 0 Å². The van der Waals surface area contributed by atoms with Crippen molar-refractivity contribution in [1.29, 1.82) is 0 Å². The van der Waals surface area contributed by atoms with Crippen LogP contribution in [0, 0.1) is 5.41 Å². The first-order valence-corrected chi connectivity index (χ1v) is 8.62. The van der Waals surface area contributed by atoms with Gasteiger partial charge in [0.25, 0.3) is 0 Å². The van der Waals surface area contributed by atoms with Gasteiger partial charge in [0.1, 0.15) is 0 Å². The molecule has 6 heteroatoms. The van der Waals surface area contributed by atoms with Gasteiger partial charge in [-0.1, -0.05) is 20.8 Å². The Morgan fingerprint density at radius 3 is 2.61 bits per heavy atom. The highest BCUT2D eigenvalue weighted by Crippen LogP contribution is 2.21. The zero-order chi connectivity index (χ0) is 17.3. The number of aliphatic imine (C=N–C) groups is 1. The molecule has 1 fully saturated rings. The highest BCUT2D eigenvalue weighted by atomic mass is 16.5. The van der Waals surface area contributed by atoms with Gasteiger partial charge >= 0.3 is 0 Å². The lowest BCUT2D eigenvalue weighted by Crippen LogP contribution is -2.48. The van der Waals surface area contributed by atoms with Crippen molar-refractivity contribution in [3.05, 3.63) is 0 Å². The Hall–Kier alpha value is -0.850. The molecule has 1 aliphatic rings. The number of nitrogens with one attached hydrogen (secondary N) is 2. The molecule has 0 aromatic rings. The zero-order valence-corrected chi connectivity index (χ0v) is 15.8. The highest BCUT2D eigenvalue weighted by molar-refractivity contribution is 5.79. The summed E-state index contributed by atoms with van der Waals surface area (Å²) in [7, 11) is 5.34. The van der Waals surface area contributed by atoms with Gasteiger partial charge in [-0.15, -0.1) is 0 Å². The molecule has 6 nitrogen and oxygen atoms in total. The van der Waals surface area contributed by atoms with Crippen LogP contribution in [0.2, 0.25) is 0 Å². The summed E-state index contributed by atoms with van der Waals surface area (Å²) in [6.07, 6.45) is 2.64. The molecule has 0 aromatic carbocycles. The molecule has 1 heterocycles. The number of methoxy groups -OCH3 is 2. The van der Waals surface area contributed by atoms with Crippen molar-refractivity contribution in [3.8, 4) is 0 Å². The van der Waals surface area contributed by atoms with Gasteiger partial charge < -0.3 is 20.1 Å². The monoisotopic (exact) mass is 328 g/mol. The lowest BCUT2D eigenvalue weighted by Gasteiger charge is -2.30. The number of likely N-dealkylation sites (tertiary alicyclic amines) is 1. The Balaban J connectivity index is 2.39. The van der Waals surface area contributed by atoms with Crippen LogP contribution >= 0.6 is 0 Å². The number of ether oxygens (including phenoxy) is 2. The molecule has 1 saturated heterocycles. The highest BCUT2D eigenvalue weighted by Gasteiger charge is 2.26. The van der Waals surface area contributed by atoms with Crippen LogP contribution in [0.15, 0.2) is 4.99 Å². The number of nitrogens with zero attached hydrogens (tertiary/aromatic N) is 2.